The van der Waals surface area contributed by atoms with Gasteiger partial charge < -0.3 is 19.4 Å². The van der Waals surface area contributed by atoms with Gasteiger partial charge in [-0.1, -0.05) is 0 Å². The van der Waals surface area contributed by atoms with Crippen LogP contribution in [0.5, 0.6) is 5.75 Å². The zero-order valence-corrected chi connectivity index (χ0v) is 18.0. The topological polar surface area (TPSA) is 86.6 Å². The molecule has 2 aromatic carbocycles. The minimum Gasteiger partial charge on any atom is -0.497 e. The van der Waals surface area contributed by atoms with E-state index in [0.29, 0.717) is 28.2 Å². The number of thiophene rings is 1. The number of aromatic nitrogens is 1. The fourth-order valence-corrected chi connectivity index (χ4v) is 4.41. The Morgan fingerprint density at radius 3 is 2.61 bits per heavy atom. The van der Waals surface area contributed by atoms with Crippen molar-refractivity contribution < 1.29 is 19.1 Å². The number of carbonyl (C=O) groups excluding carboxylic acids is 2. The Hall–Kier alpha value is -3.65. The second-order valence-corrected chi connectivity index (χ2v) is 7.93. The number of pyridine rings is 1. The highest BCUT2D eigenvalue weighted by atomic mass is 32.1. The summed E-state index contributed by atoms with van der Waals surface area (Å²) in [5.74, 6) is -0.354. The van der Waals surface area contributed by atoms with E-state index in [9.17, 15) is 14.4 Å². The number of ether oxygens (including phenoxy) is 2. The van der Waals surface area contributed by atoms with E-state index in [1.165, 1.54) is 25.6 Å². The molecule has 2 heterocycles. The van der Waals surface area contributed by atoms with Gasteiger partial charge in [0.25, 0.3) is 5.91 Å². The summed E-state index contributed by atoms with van der Waals surface area (Å²) in [5.41, 5.74) is 0.948. The lowest BCUT2D eigenvalue weighted by Gasteiger charge is -2.13. The van der Waals surface area contributed by atoms with Crippen LogP contribution in [-0.2, 0) is 11.3 Å². The molecule has 1 amide bonds. The number of benzene rings is 2. The van der Waals surface area contributed by atoms with Crippen molar-refractivity contribution in [2.45, 2.75) is 13.5 Å². The van der Waals surface area contributed by atoms with Crippen LogP contribution in [0.2, 0.25) is 0 Å². The fraction of sp³-hybridized carbons (Fsp3) is 0.174. The van der Waals surface area contributed by atoms with E-state index >= 15 is 0 Å². The van der Waals surface area contributed by atoms with E-state index in [4.69, 9.17) is 9.47 Å². The van der Waals surface area contributed by atoms with E-state index in [0.717, 1.165) is 15.6 Å². The average Bonchev–Trinajstić information content (AvgIpc) is 3.22. The quantitative estimate of drug-likeness (QED) is 0.472. The van der Waals surface area contributed by atoms with Crippen molar-refractivity contribution in [3.05, 3.63) is 69.3 Å². The van der Waals surface area contributed by atoms with Gasteiger partial charge in [0.05, 0.1) is 25.1 Å². The van der Waals surface area contributed by atoms with E-state index in [1.54, 1.807) is 36.5 Å². The van der Waals surface area contributed by atoms with Crippen LogP contribution >= 0.6 is 11.3 Å². The first kappa shape index (κ1) is 20.6. The summed E-state index contributed by atoms with van der Waals surface area (Å²) in [6, 6.07) is 12.3. The van der Waals surface area contributed by atoms with Crippen LogP contribution in [0.15, 0.2) is 53.5 Å². The fourth-order valence-electron chi connectivity index (χ4n) is 3.45. The van der Waals surface area contributed by atoms with Gasteiger partial charge in [0.2, 0.25) is 5.43 Å². The summed E-state index contributed by atoms with van der Waals surface area (Å²) >= 11 is 1.31. The monoisotopic (exact) mass is 436 g/mol. The molecule has 7 nitrogen and oxygen atoms in total. The first-order chi connectivity index (χ1) is 14.9. The van der Waals surface area contributed by atoms with E-state index < -0.39 is 11.9 Å². The summed E-state index contributed by atoms with van der Waals surface area (Å²) in [5, 5.41) is 4.02. The highest BCUT2D eigenvalue weighted by Crippen LogP contribution is 2.29. The number of nitrogens with one attached hydrogen (secondary N) is 1. The lowest BCUT2D eigenvalue weighted by Crippen LogP contribution is -2.23. The molecule has 2 aromatic heterocycles. The molecule has 8 heteroatoms. The van der Waals surface area contributed by atoms with Crippen molar-refractivity contribution in [1.82, 2.24) is 4.57 Å². The van der Waals surface area contributed by atoms with Crippen LogP contribution in [0.3, 0.4) is 0 Å². The maximum Gasteiger partial charge on any atom is 0.348 e. The molecule has 4 rings (SSSR count). The summed E-state index contributed by atoms with van der Waals surface area (Å²) in [6.07, 6.45) is 1.57. The molecule has 0 aliphatic carbocycles. The van der Waals surface area contributed by atoms with Crippen molar-refractivity contribution in [3.8, 4) is 5.75 Å². The van der Waals surface area contributed by atoms with Gasteiger partial charge >= 0.3 is 5.97 Å². The summed E-state index contributed by atoms with van der Waals surface area (Å²) < 4.78 is 12.7. The van der Waals surface area contributed by atoms with Gasteiger partial charge in [-0.2, -0.15) is 0 Å². The Labute approximate surface area is 181 Å². The van der Waals surface area contributed by atoms with Gasteiger partial charge in [-0.05, 0) is 54.8 Å². The summed E-state index contributed by atoms with van der Waals surface area (Å²) in [6.45, 7) is 2.54. The molecule has 0 atom stereocenters. The molecule has 0 radical (unpaired) electrons. The predicted octanol–water partition coefficient (Wildman–Crippen LogP) is 4.28. The third-order valence-corrected chi connectivity index (χ3v) is 6.13. The highest BCUT2D eigenvalue weighted by Gasteiger charge is 2.17. The van der Waals surface area contributed by atoms with Gasteiger partial charge in [0, 0.05) is 23.1 Å². The van der Waals surface area contributed by atoms with Gasteiger partial charge in [0.1, 0.15) is 16.2 Å². The Morgan fingerprint density at radius 2 is 1.90 bits per heavy atom. The lowest BCUT2D eigenvalue weighted by molar-refractivity contribution is 0.0606. The number of nitrogens with zero attached hydrogens (tertiary/aromatic N) is 1. The molecule has 0 saturated heterocycles. The highest BCUT2D eigenvalue weighted by molar-refractivity contribution is 7.20. The van der Waals surface area contributed by atoms with Crippen molar-refractivity contribution in [2.75, 3.05) is 19.5 Å². The SMILES string of the molecule is CCn1cc(C(=O)Nc2ccc3sc(C(=O)OC)cc3c2)c(=O)c2cc(OC)ccc21. The Kier molecular flexibility index (Phi) is 5.48. The van der Waals surface area contributed by atoms with E-state index in [2.05, 4.69) is 5.32 Å². The number of rotatable bonds is 5. The van der Waals surface area contributed by atoms with Gasteiger partial charge in [-0.3, -0.25) is 9.59 Å². The summed E-state index contributed by atoms with van der Waals surface area (Å²) in [4.78, 5) is 38.2. The van der Waals surface area contributed by atoms with Crippen molar-refractivity contribution >= 4 is 49.9 Å². The van der Waals surface area contributed by atoms with Crippen LogP contribution < -0.4 is 15.5 Å². The number of fused-ring (bicyclic) bond motifs is 2. The molecule has 0 bridgehead atoms. The van der Waals surface area contributed by atoms with Crippen LogP contribution in [-0.4, -0.2) is 30.7 Å². The normalized spacial score (nSPS) is 10.9. The van der Waals surface area contributed by atoms with Crippen LogP contribution in [0.25, 0.3) is 21.0 Å². The smallest absolute Gasteiger partial charge is 0.348 e. The molecule has 31 heavy (non-hydrogen) atoms. The molecule has 0 unspecified atom stereocenters. The molecule has 0 aliphatic heterocycles. The van der Waals surface area contributed by atoms with Crippen LogP contribution in [0.4, 0.5) is 5.69 Å². The van der Waals surface area contributed by atoms with E-state index in [-0.39, 0.29) is 11.0 Å². The number of amides is 1. The van der Waals surface area contributed by atoms with Crippen LogP contribution in [0, 0.1) is 0 Å². The number of aryl methyl sites for hydroxylation is 1. The third-order valence-electron chi connectivity index (χ3n) is 5.03. The Bertz CT molecular complexity index is 1390. The molecule has 0 saturated carbocycles. The van der Waals surface area contributed by atoms with Crippen molar-refractivity contribution in [3.63, 3.8) is 0 Å². The molecule has 0 spiro atoms. The third kappa shape index (κ3) is 3.77. The average molecular weight is 436 g/mol. The van der Waals surface area contributed by atoms with Gasteiger partial charge in [0.15, 0.2) is 0 Å². The number of methoxy groups -OCH3 is 2. The molecule has 4 aromatic rings. The van der Waals surface area contributed by atoms with Crippen molar-refractivity contribution in [2.24, 2.45) is 0 Å². The Morgan fingerprint density at radius 1 is 1.10 bits per heavy atom. The maximum absolute atomic E-state index is 13.0. The standard InChI is InChI=1S/C23H20N2O5S/c1-4-25-12-17(21(26)16-11-15(29-2)6-7-18(16)25)22(27)24-14-5-8-19-13(9-14)10-20(31-19)23(28)30-3/h5-12H,4H2,1-3H3,(H,24,27). The first-order valence-corrected chi connectivity index (χ1v) is 10.4. The molecular formula is C23H20N2O5S. The van der Waals surface area contributed by atoms with Crippen molar-refractivity contribution in [1.29, 1.82) is 0 Å². The number of carbonyl (C=O) groups is 2. The molecule has 1 N–H and O–H groups in total. The summed E-state index contributed by atoms with van der Waals surface area (Å²) in [7, 11) is 2.86. The zero-order chi connectivity index (χ0) is 22.1. The minimum absolute atomic E-state index is 0.0447. The molecule has 0 aliphatic rings. The second-order valence-electron chi connectivity index (χ2n) is 6.85. The Balaban J connectivity index is 1.72. The maximum atomic E-state index is 13.0. The molecule has 0 fully saturated rings. The van der Waals surface area contributed by atoms with Crippen LogP contribution in [0.1, 0.15) is 27.0 Å². The predicted molar refractivity (Wildman–Crippen MR) is 122 cm³/mol. The lowest BCUT2D eigenvalue weighted by atomic mass is 10.1. The number of hydrogen-bond acceptors (Lipinski definition) is 6. The zero-order valence-electron chi connectivity index (χ0n) is 17.2. The number of esters is 1. The van der Waals surface area contributed by atoms with Gasteiger partial charge in [-0.15, -0.1) is 11.3 Å². The number of anilines is 1. The number of hydrogen-bond donors (Lipinski definition) is 1. The molecule has 158 valence electrons. The van der Waals surface area contributed by atoms with E-state index in [1.807, 2.05) is 23.6 Å². The first-order valence-electron chi connectivity index (χ1n) is 9.59. The largest absolute Gasteiger partial charge is 0.497 e. The second kappa shape index (κ2) is 8.23. The minimum atomic E-state index is -0.500. The van der Waals surface area contributed by atoms with Gasteiger partial charge in [-0.25, -0.2) is 4.79 Å². The molecular weight excluding hydrogens is 416 g/mol.